The van der Waals surface area contributed by atoms with Crippen molar-refractivity contribution in [3.8, 4) is 0 Å². The molecule has 3 fully saturated rings. The summed E-state index contributed by atoms with van der Waals surface area (Å²) in [6.45, 7) is 4.87. The van der Waals surface area contributed by atoms with Crippen LogP contribution in [0.2, 0.25) is 0 Å². The van der Waals surface area contributed by atoms with Crippen LogP contribution in [0.15, 0.2) is 17.5 Å². The third-order valence-electron chi connectivity index (χ3n) is 5.73. The lowest BCUT2D eigenvalue weighted by Crippen LogP contribution is -2.53. The van der Waals surface area contributed by atoms with Crippen molar-refractivity contribution in [1.29, 1.82) is 0 Å². The van der Waals surface area contributed by atoms with Gasteiger partial charge in [0, 0.05) is 56.2 Å². The number of piperidine rings is 1. The normalized spacial score (nSPS) is 29.9. The second-order valence-corrected chi connectivity index (χ2v) is 8.15. The highest BCUT2D eigenvalue weighted by Crippen LogP contribution is 2.34. The van der Waals surface area contributed by atoms with E-state index in [-0.39, 0.29) is 0 Å². The Hall–Kier alpha value is -0.910. The Kier molecular flexibility index (Phi) is 4.69. The fourth-order valence-electron chi connectivity index (χ4n) is 4.48. The van der Waals surface area contributed by atoms with E-state index < -0.39 is 0 Å². The Balaban J connectivity index is 1.42. The van der Waals surface area contributed by atoms with E-state index in [4.69, 9.17) is 4.74 Å². The number of hydrogen-bond acceptors (Lipinski definition) is 4. The zero-order valence-electron chi connectivity index (χ0n) is 13.7. The molecule has 3 saturated heterocycles. The van der Waals surface area contributed by atoms with Crippen molar-refractivity contribution < 1.29 is 9.53 Å². The van der Waals surface area contributed by atoms with Crippen LogP contribution in [0, 0.1) is 5.92 Å². The third kappa shape index (κ3) is 3.32. The predicted octanol–water partition coefficient (Wildman–Crippen LogP) is 2.74. The Morgan fingerprint density at radius 3 is 2.83 bits per heavy atom. The van der Waals surface area contributed by atoms with Gasteiger partial charge in [0.1, 0.15) is 0 Å². The minimum Gasteiger partial charge on any atom is -0.381 e. The van der Waals surface area contributed by atoms with E-state index in [1.807, 2.05) is 11.3 Å². The van der Waals surface area contributed by atoms with E-state index in [2.05, 4.69) is 27.3 Å². The van der Waals surface area contributed by atoms with Crippen molar-refractivity contribution >= 4 is 17.2 Å². The van der Waals surface area contributed by atoms with Gasteiger partial charge >= 0.3 is 0 Å². The van der Waals surface area contributed by atoms with Gasteiger partial charge in [-0.25, -0.2) is 0 Å². The standard InChI is InChI=1S/C18H26N2O2S/c21-18-4-3-16-17(20(18)12-14-6-9-22-10-7-14)5-8-19(16)13-15-2-1-11-23-15/h1-2,11,14,16-17H,3-10,12-13H2/t16-,17-/m1/s1. The Morgan fingerprint density at radius 1 is 1.17 bits per heavy atom. The maximum atomic E-state index is 12.5. The quantitative estimate of drug-likeness (QED) is 0.849. The van der Waals surface area contributed by atoms with E-state index >= 15 is 0 Å². The summed E-state index contributed by atoms with van der Waals surface area (Å²) in [6.07, 6.45) is 5.13. The summed E-state index contributed by atoms with van der Waals surface area (Å²) >= 11 is 1.84. The first-order chi connectivity index (χ1) is 11.3. The van der Waals surface area contributed by atoms with E-state index in [0.717, 1.165) is 65.0 Å². The molecule has 1 aromatic rings. The average Bonchev–Trinajstić information content (AvgIpc) is 3.22. The topological polar surface area (TPSA) is 32.8 Å². The van der Waals surface area contributed by atoms with Crippen LogP contribution >= 0.6 is 11.3 Å². The molecule has 0 unspecified atom stereocenters. The van der Waals surface area contributed by atoms with Gasteiger partial charge in [-0.3, -0.25) is 9.69 Å². The molecule has 23 heavy (non-hydrogen) atoms. The molecule has 4 rings (SSSR count). The lowest BCUT2D eigenvalue weighted by atomic mass is 9.92. The van der Waals surface area contributed by atoms with Gasteiger partial charge in [0.2, 0.25) is 5.91 Å². The lowest BCUT2D eigenvalue weighted by molar-refractivity contribution is -0.139. The smallest absolute Gasteiger partial charge is 0.222 e. The van der Waals surface area contributed by atoms with Crippen molar-refractivity contribution in [2.75, 3.05) is 26.3 Å². The Labute approximate surface area is 142 Å². The molecule has 0 radical (unpaired) electrons. The summed E-state index contributed by atoms with van der Waals surface area (Å²) in [4.78, 5) is 18.8. The molecule has 1 aromatic heterocycles. The molecule has 3 aliphatic rings. The largest absolute Gasteiger partial charge is 0.381 e. The van der Waals surface area contributed by atoms with Crippen LogP contribution in [0.3, 0.4) is 0 Å². The highest BCUT2D eigenvalue weighted by Gasteiger charge is 2.43. The number of fused-ring (bicyclic) bond motifs is 1. The van der Waals surface area contributed by atoms with Gasteiger partial charge < -0.3 is 9.64 Å². The van der Waals surface area contributed by atoms with Gasteiger partial charge in [-0.2, -0.15) is 0 Å². The maximum Gasteiger partial charge on any atom is 0.222 e. The number of nitrogens with zero attached hydrogens (tertiary/aromatic N) is 2. The monoisotopic (exact) mass is 334 g/mol. The summed E-state index contributed by atoms with van der Waals surface area (Å²) in [5.41, 5.74) is 0. The molecule has 4 heterocycles. The number of amides is 1. The highest BCUT2D eigenvalue weighted by atomic mass is 32.1. The van der Waals surface area contributed by atoms with Gasteiger partial charge in [-0.15, -0.1) is 11.3 Å². The minimum atomic E-state index is 0.385. The van der Waals surface area contributed by atoms with E-state index in [0.29, 0.717) is 23.9 Å². The summed E-state index contributed by atoms with van der Waals surface area (Å²) in [5, 5.41) is 2.16. The summed E-state index contributed by atoms with van der Waals surface area (Å²) in [6, 6.07) is 5.37. The van der Waals surface area contributed by atoms with Crippen LogP contribution in [0.25, 0.3) is 0 Å². The molecule has 126 valence electrons. The lowest BCUT2D eigenvalue weighted by Gasteiger charge is -2.42. The second-order valence-electron chi connectivity index (χ2n) is 7.11. The molecule has 0 spiro atoms. The van der Waals surface area contributed by atoms with Gasteiger partial charge in [-0.05, 0) is 43.0 Å². The first-order valence-corrected chi connectivity index (χ1v) is 9.83. The van der Waals surface area contributed by atoms with Crippen LogP contribution in [0.4, 0.5) is 0 Å². The molecule has 0 N–H and O–H groups in total. The molecule has 0 bridgehead atoms. The van der Waals surface area contributed by atoms with Crippen molar-refractivity contribution in [3.05, 3.63) is 22.4 Å². The zero-order valence-corrected chi connectivity index (χ0v) is 14.5. The van der Waals surface area contributed by atoms with Crippen LogP contribution in [-0.4, -0.2) is 54.1 Å². The number of carbonyl (C=O) groups is 1. The van der Waals surface area contributed by atoms with E-state index in [9.17, 15) is 4.79 Å². The van der Waals surface area contributed by atoms with Crippen molar-refractivity contribution in [1.82, 2.24) is 9.80 Å². The van der Waals surface area contributed by atoms with Gasteiger partial charge in [0.25, 0.3) is 0 Å². The van der Waals surface area contributed by atoms with Gasteiger partial charge in [0.05, 0.1) is 0 Å². The number of hydrogen-bond donors (Lipinski definition) is 0. The number of ether oxygens (including phenoxy) is 1. The first kappa shape index (κ1) is 15.6. The predicted molar refractivity (Wildman–Crippen MR) is 91.4 cm³/mol. The molecule has 3 aliphatic heterocycles. The van der Waals surface area contributed by atoms with Crippen molar-refractivity contribution in [2.24, 2.45) is 5.92 Å². The molecule has 2 atom stereocenters. The molecule has 0 saturated carbocycles. The van der Waals surface area contributed by atoms with Gasteiger partial charge in [0.15, 0.2) is 0 Å². The molecule has 0 aromatic carbocycles. The van der Waals surface area contributed by atoms with Crippen LogP contribution in [0.1, 0.15) is 37.0 Å². The van der Waals surface area contributed by atoms with Crippen molar-refractivity contribution in [2.45, 2.75) is 50.7 Å². The SMILES string of the molecule is O=C1CC[C@@H]2[C@@H](CCN2Cc2cccs2)N1CC1CCOCC1. The zero-order chi connectivity index (χ0) is 15.6. The molecule has 4 nitrogen and oxygen atoms in total. The van der Waals surface area contributed by atoms with E-state index in [1.165, 1.54) is 4.88 Å². The molecule has 5 heteroatoms. The molecular weight excluding hydrogens is 308 g/mol. The van der Waals surface area contributed by atoms with Crippen LogP contribution < -0.4 is 0 Å². The minimum absolute atomic E-state index is 0.385. The van der Waals surface area contributed by atoms with Gasteiger partial charge in [-0.1, -0.05) is 6.07 Å². The van der Waals surface area contributed by atoms with E-state index in [1.54, 1.807) is 0 Å². The average molecular weight is 334 g/mol. The second kappa shape index (κ2) is 6.91. The molecule has 0 aliphatic carbocycles. The van der Waals surface area contributed by atoms with Crippen LogP contribution in [-0.2, 0) is 16.1 Å². The third-order valence-corrected chi connectivity index (χ3v) is 6.60. The fraction of sp³-hybridized carbons (Fsp3) is 0.722. The number of likely N-dealkylation sites (tertiary alicyclic amines) is 2. The maximum absolute atomic E-state index is 12.5. The Bertz CT molecular complexity index is 527. The van der Waals surface area contributed by atoms with Crippen molar-refractivity contribution in [3.63, 3.8) is 0 Å². The summed E-state index contributed by atoms with van der Waals surface area (Å²) < 4.78 is 5.47. The summed E-state index contributed by atoms with van der Waals surface area (Å²) in [7, 11) is 0. The number of rotatable bonds is 4. The fourth-order valence-corrected chi connectivity index (χ4v) is 5.21. The number of carbonyl (C=O) groups excluding carboxylic acids is 1. The summed E-state index contributed by atoms with van der Waals surface area (Å²) in [5.74, 6) is 1.02. The first-order valence-electron chi connectivity index (χ1n) is 8.95. The molecule has 1 amide bonds. The highest BCUT2D eigenvalue weighted by molar-refractivity contribution is 7.09. The Morgan fingerprint density at radius 2 is 2.04 bits per heavy atom. The van der Waals surface area contributed by atoms with Crippen LogP contribution in [0.5, 0.6) is 0 Å². The molecular formula is C18H26N2O2S. The number of thiophene rings is 1.